The number of hydrogen-bond donors (Lipinski definition) is 2. The van der Waals surface area contributed by atoms with Crippen molar-refractivity contribution in [3.8, 4) is 0 Å². The molecular formula is C15H20N4O2. The highest BCUT2D eigenvalue weighted by atomic mass is 16.5. The Labute approximate surface area is 123 Å². The van der Waals surface area contributed by atoms with Crippen molar-refractivity contribution >= 4 is 17.1 Å². The van der Waals surface area contributed by atoms with Crippen molar-refractivity contribution in [2.45, 2.75) is 26.5 Å². The number of hydrogen-bond acceptors (Lipinski definition) is 3. The average Bonchev–Trinajstić information content (AvgIpc) is 2.86. The molecule has 0 bridgehead atoms. The summed E-state index contributed by atoms with van der Waals surface area (Å²) >= 11 is 0. The van der Waals surface area contributed by atoms with Crippen LogP contribution in [-0.4, -0.2) is 35.3 Å². The Kier molecular flexibility index (Phi) is 3.79. The van der Waals surface area contributed by atoms with E-state index in [0.29, 0.717) is 26.3 Å². The molecule has 0 saturated heterocycles. The molecule has 1 aromatic heterocycles. The molecule has 6 nitrogen and oxygen atoms in total. The Morgan fingerprint density at radius 3 is 3.14 bits per heavy atom. The zero-order chi connectivity index (χ0) is 14.8. The lowest BCUT2D eigenvalue weighted by Crippen LogP contribution is -2.40. The highest BCUT2D eigenvalue weighted by Crippen LogP contribution is 2.27. The maximum Gasteiger partial charge on any atom is 0.314 e. The third kappa shape index (κ3) is 2.58. The van der Waals surface area contributed by atoms with Gasteiger partial charge in [-0.2, -0.15) is 0 Å². The minimum Gasteiger partial charge on any atom is -0.371 e. The van der Waals surface area contributed by atoms with E-state index in [1.807, 2.05) is 13.0 Å². The second kappa shape index (κ2) is 5.73. The van der Waals surface area contributed by atoms with Gasteiger partial charge in [-0.3, -0.25) is 0 Å². The Hall–Kier alpha value is -2.08. The van der Waals surface area contributed by atoms with Crippen molar-refractivity contribution in [2.24, 2.45) is 0 Å². The van der Waals surface area contributed by atoms with Crippen LogP contribution >= 0.6 is 0 Å². The molecule has 3 rings (SSSR count). The fourth-order valence-electron chi connectivity index (χ4n) is 2.76. The normalized spacial score (nSPS) is 17.5. The predicted octanol–water partition coefficient (Wildman–Crippen LogP) is 1.74. The van der Waals surface area contributed by atoms with Gasteiger partial charge in [0.05, 0.1) is 23.7 Å². The van der Waals surface area contributed by atoms with Crippen LogP contribution in [0.25, 0.3) is 11.0 Å². The van der Waals surface area contributed by atoms with Gasteiger partial charge in [0.25, 0.3) is 0 Å². The van der Waals surface area contributed by atoms with Crippen molar-refractivity contribution < 1.29 is 9.53 Å². The molecule has 6 heteroatoms. The molecule has 21 heavy (non-hydrogen) atoms. The lowest BCUT2D eigenvalue weighted by atomic mass is 10.2. The van der Waals surface area contributed by atoms with Crippen molar-refractivity contribution in [1.82, 2.24) is 20.2 Å². The van der Waals surface area contributed by atoms with Crippen molar-refractivity contribution in [1.29, 1.82) is 0 Å². The van der Waals surface area contributed by atoms with Gasteiger partial charge in [0.1, 0.15) is 12.4 Å². The smallest absolute Gasteiger partial charge is 0.314 e. The predicted molar refractivity (Wildman–Crippen MR) is 80.2 cm³/mol. The van der Waals surface area contributed by atoms with Crippen molar-refractivity contribution in [3.63, 3.8) is 0 Å². The summed E-state index contributed by atoms with van der Waals surface area (Å²) < 4.78 is 7.81. The van der Waals surface area contributed by atoms with Crippen LogP contribution in [0.1, 0.15) is 24.4 Å². The van der Waals surface area contributed by atoms with Gasteiger partial charge in [0, 0.05) is 13.1 Å². The zero-order valence-electron chi connectivity index (χ0n) is 12.3. The Morgan fingerprint density at radius 1 is 1.48 bits per heavy atom. The number of aryl methyl sites for hydroxylation is 1. The van der Waals surface area contributed by atoms with Gasteiger partial charge < -0.3 is 19.9 Å². The standard InChI is InChI=1S/C15H20N4O2/c1-3-16-15(20)17-7-11-8-21-9-13-18-14-10(2)5-4-6-12(14)19(11)13/h4-6,11H,3,7-9H2,1-2H3,(H2,16,17,20)/t11-/m0/s1. The monoisotopic (exact) mass is 288 g/mol. The average molecular weight is 288 g/mol. The number of amides is 2. The van der Waals surface area contributed by atoms with E-state index in [1.54, 1.807) is 0 Å². The quantitative estimate of drug-likeness (QED) is 0.904. The summed E-state index contributed by atoms with van der Waals surface area (Å²) in [7, 11) is 0. The van der Waals surface area contributed by atoms with Gasteiger partial charge in [0.15, 0.2) is 0 Å². The van der Waals surface area contributed by atoms with Gasteiger partial charge >= 0.3 is 6.03 Å². The van der Waals surface area contributed by atoms with Gasteiger partial charge in [-0.05, 0) is 25.5 Å². The van der Waals surface area contributed by atoms with E-state index in [2.05, 4.69) is 39.2 Å². The maximum absolute atomic E-state index is 11.6. The molecule has 0 radical (unpaired) electrons. The largest absolute Gasteiger partial charge is 0.371 e. The number of nitrogens with one attached hydrogen (secondary N) is 2. The number of ether oxygens (including phenoxy) is 1. The van der Waals surface area contributed by atoms with Crippen molar-refractivity contribution in [3.05, 3.63) is 29.6 Å². The Bertz CT molecular complexity index is 665. The molecule has 1 aliphatic heterocycles. The first-order valence-electron chi connectivity index (χ1n) is 7.26. The zero-order valence-corrected chi connectivity index (χ0v) is 12.3. The summed E-state index contributed by atoms with van der Waals surface area (Å²) in [5, 5.41) is 5.62. The van der Waals surface area contributed by atoms with Gasteiger partial charge in [0.2, 0.25) is 0 Å². The summed E-state index contributed by atoms with van der Waals surface area (Å²) in [6.45, 7) is 6.20. The molecule has 0 unspecified atom stereocenters. The van der Waals surface area contributed by atoms with Gasteiger partial charge in [-0.15, -0.1) is 0 Å². The van der Waals surface area contributed by atoms with Crippen LogP contribution in [0.2, 0.25) is 0 Å². The van der Waals surface area contributed by atoms with E-state index >= 15 is 0 Å². The van der Waals surface area contributed by atoms with Crippen LogP contribution in [0.4, 0.5) is 4.79 Å². The molecule has 1 atom stereocenters. The lowest BCUT2D eigenvalue weighted by molar-refractivity contribution is 0.0572. The highest BCUT2D eigenvalue weighted by Gasteiger charge is 2.24. The number of carbonyl (C=O) groups excluding carboxylic acids is 1. The van der Waals surface area contributed by atoms with Crippen LogP contribution < -0.4 is 10.6 Å². The SMILES string of the molecule is CCNC(=O)NC[C@H]1COCc2nc3c(C)cccc3n21. The molecule has 0 fully saturated rings. The number of urea groups is 1. The second-order valence-corrected chi connectivity index (χ2v) is 5.25. The van der Waals surface area contributed by atoms with E-state index in [0.717, 1.165) is 22.4 Å². The maximum atomic E-state index is 11.6. The molecule has 1 aromatic carbocycles. The highest BCUT2D eigenvalue weighted by molar-refractivity contribution is 5.80. The van der Waals surface area contributed by atoms with Gasteiger partial charge in [-0.25, -0.2) is 9.78 Å². The van der Waals surface area contributed by atoms with Crippen LogP contribution in [0, 0.1) is 6.92 Å². The number of carbonyl (C=O) groups is 1. The van der Waals surface area contributed by atoms with E-state index in [4.69, 9.17) is 4.74 Å². The number of aromatic nitrogens is 2. The Morgan fingerprint density at radius 2 is 2.33 bits per heavy atom. The van der Waals surface area contributed by atoms with Gasteiger partial charge in [-0.1, -0.05) is 12.1 Å². The van der Waals surface area contributed by atoms with Crippen LogP contribution in [0.3, 0.4) is 0 Å². The van der Waals surface area contributed by atoms with E-state index < -0.39 is 0 Å². The molecule has 0 spiro atoms. The molecule has 2 amide bonds. The first-order valence-corrected chi connectivity index (χ1v) is 7.26. The van der Waals surface area contributed by atoms with E-state index in [9.17, 15) is 4.79 Å². The number of para-hydroxylation sites is 1. The lowest BCUT2D eigenvalue weighted by Gasteiger charge is -2.26. The van der Waals surface area contributed by atoms with E-state index in [1.165, 1.54) is 0 Å². The number of imidazole rings is 1. The third-order valence-electron chi connectivity index (χ3n) is 3.74. The van der Waals surface area contributed by atoms with Crippen LogP contribution in [0.5, 0.6) is 0 Å². The fourth-order valence-corrected chi connectivity index (χ4v) is 2.76. The summed E-state index contributed by atoms with van der Waals surface area (Å²) in [6.07, 6.45) is 0. The number of rotatable bonds is 3. The molecule has 2 N–H and O–H groups in total. The Balaban J connectivity index is 1.88. The number of benzene rings is 1. The van der Waals surface area contributed by atoms with Crippen LogP contribution in [-0.2, 0) is 11.3 Å². The molecule has 2 aromatic rings. The summed E-state index contributed by atoms with van der Waals surface area (Å²) in [5.74, 6) is 0.924. The number of fused-ring (bicyclic) bond motifs is 3. The fraction of sp³-hybridized carbons (Fsp3) is 0.467. The molecule has 0 aliphatic carbocycles. The third-order valence-corrected chi connectivity index (χ3v) is 3.74. The summed E-state index contributed by atoms with van der Waals surface area (Å²) in [6, 6.07) is 6.09. The van der Waals surface area contributed by atoms with Crippen molar-refractivity contribution in [2.75, 3.05) is 19.7 Å². The summed E-state index contributed by atoms with van der Waals surface area (Å²) in [4.78, 5) is 16.2. The van der Waals surface area contributed by atoms with E-state index in [-0.39, 0.29) is 12.1 Å². The molecule has 2 heterocycles. The molecular weight excluding hydrogens is 268 g/mol. The molecule has 1 aliphatic rings. The number of nitrogens with zero attached hydrogens (tertiary/aromatic N) is 2. The minimum absolute atomic E-state index is 0.0724. The minimum atomic E-state index is -0.148. The summed E-state index contributed by atoms with van der Waals surface area (Å²) in [5.41, 5.74) is 3.28. The first-order chi connectivity index (χ1) is 10.2. The second-order valence-electron chi connectivity index (χ2n) is 5.25. The van der Waals surface area contributed by atoms with Crippen LogP contribution in [0.15, 0.2) is 18.2 Å². The topological polar surface area (TPSA) is 68.2 Å². The molecule has 112 valence electrons. The first kappa shape index (κ1) is 13.9. The molecule has 0 saturated carbocycles.